The lowest BCUT2D eigenvalue weighted by Crippen LogP contribution is -2.14. The van der Waals surface area contributed by atoms with Gasteiger partial charge in [0.2, 0.25) is 5.91 Å². The topological polar surface area (TPSA) is 127 Å². The van der Waals surface area contributed by atoms with Crippen LogP contribution in [0.4, 0.5) is 11.5 Å². The third kappa shape index (κ3) is 6.04. The van der Waals surface area contributed by atoms with Crippen LogP contribution in [-0.2, 0) is 14.8 Å². The highest BCUT2D eigenvalue weighted by atomic mass is 32.2. The lowest BCUT2D eigenvalue weighted by atomic mass is 10.3. The number of aromatic nitrogens is 3. The first-order valence-corrected chi connectivity index (χ1v) is 11.5. The van der Waals surface area contributed by atoms with Crippen LogP contribution in [0.2, 0.25) is 0 Å². The zero-order valence-electron chi connectivity index (χ0n) is 16.7. The third-order valence-electron chi connectivity index (χ3n) is 3.84. The van der Waals surface area contributed by atoms with Crippen LogP contribution < -0.4 is 10.0 Å². The summed E-state index contributed by atoms with van der Waals surface area (Å²) in [6.45, 7) is 5.46. The molecule has 0 saturated heterocycles. The molecule has 2 aromatic heterocycles. The van der Waals surface area contributed by atoms with Crippen LogP contribution in [-0.4, -0.2) is 35.2 Å². The molecule has 3 aromatic rings. The van der Waals surface area contributed by atoms with E-state index in [1.807, 2.05) is 19.9 Å². The number of sulfonamides is 1. The van der Waals surface area contributed by atoms with Gasteiger partial charge in [-0.1, -0.05) is 16.9 Å². The molecular weight excluding hydrogens is 426 g/mol. The van der Waals surface area contributed by atoms with E-state index < -0.39 is 10.0 Å². The summed E-state index contributed by atoms with van der Waals surface area (Å²) in [5.41, 5.74) is 2.28. The minimum Gasteiger partial charge on any atom is -0.360 e. The number of nitrogens with zero attached hydrogens (tertiary/aromatic N) is 3. The maximum Gasteiger partial charge on any atom is 0.263 e. The molecule has 1 aromatic carbocycles. The Bertz CT molecular complexity index is 1120. The van der Waals surface area contributed by atoms with Gasteiger partial charge in [-0.3, -0.25) is 9.52 Å². The number of hydrogen-bond donors (Lipinski definition) is 2. The molecule has 0 unspecified atom stereocenters. The molecule has 30 heavy (non-hydrogen) atoms. The second-order valence-electron chi connectivity index (χ2n) is 6.53. The average Bonchev–Trinajstić information content (AvgIpc) is 3.05. The number of benzene rings is 1. The third-order valence-corrected chi connectivity index (χ3v) is 6.06. The summed E-state index contributed by atoms with van der Waals surface area (Å²) >= 11 is 1.41. The van der Waals surface area contributed by atoms with E-state index in [2.05, 4.69) is 25.2 Å². The van der Waals surface area contributed by atoms with Crippen molar-refractivity contribution in [2.24, 2.45) is 0 Å². The minimum absolute atomic E-state index is 0.0451. The summed E-state index contributed by atoms with van der Waals surface area (Å²) in [6, 6.07) is 9.24. The zero-order valence-corrected chi connectivity index (χ0v) is 18.3. The normalized spacial score (nSPS) is 11.3. The molecule has 3 rings (SSSR count). The lowest BCUT2D eigenvalue weighted by Gasteiger charge is -2.08. The number of carbonyl (C=O) groups excluding carboxylic acids is 1. The van der Waals surface area contributed by atoms with Crippen LogP contribution >= 0.6 is 11.8 Å². The molecule has 0 aliphatic carbocycles. The quantitative estimate of drug-likeness (QED) is 0.398. The second-order valence-corrected chi connectivity index (χ2v) is 9.28. The van der Waals surface area contributed by atoms with Gasteiger partial charge in [0.05, 0.1) is 4.90 Å². The Kier molecular flexibility index (Phi) is 6.73. The fourth-order valence-electron chi connectivity index (χ4n) is 2.55. The van der Waals surface area contributed by atoms with E-state index in [1.54, 1.807) is 6.92 Å². The number of rotatable bonds is 8. The van der Waals surface area contributed by atoms with E-state index >= 15 is 0 Å². The number of anilines is 2. The molecule has 2 N–H and O–H groups in total. The Morgan fingerprint density at radius 3 is 2.33 bits per heavy atom. The molecule has 0 saturated carbocycles. The van der Waals surface area contributed by atoms with Gasteiger partial charge in [-0.2, -0.15) is 0 Å². The molecule has 0 radical (unpaired) electrons. The number of aryl methyl sites for hydroxylation is 3. The molecule has 0 spiro atoms. The number of hydrogen-bond acceptors (Lipinski definition) is 8. The number of amides is 1. The van der Waals surface area contributed by atoms with E-state index in [0.717, 1.165) is 11.4 Å². The summed E-state index contributed by atoms with van der Waals surface area (Å²) in [6.07, 6.45) is 0.272. The molecular formula is C19H21N5O4S2. The maximum absolute atomic E-state index is 12.4. The van der Waals surface area contributed by atoms with Crippen molar-refractivity contribution in [1.29, 1.82) is 0 Å². The summed E-state index contributed by atoms with van der Waals surface area (Å²) < 4.78 is 31.9. The molecule has 9 nitrogen and oxygen atoms in total. The van der Waals surface area contributed by atoms with Gasteiger partial charge in [0.15, 0.2) is 11.0 Å². The lowest BCUT2D eigenvalue weighted by molar-refractivity contribution is -0.115. The fourth-order valence-corrected chi connectivity index (χ4v) is 4.42. The summed E-state index contributed by atoms with van der Waals surface area (Å²) in [5.74, 6) is 0.948. The summed E-state index contributed by atoms with van der Waals surface area (Å²) in [7, 11) is -3.80. The molecule has 158 valence electrons. The van der Waals surface area contributed by atoms with Crippen LogP contribution in [0.15, 0.2) is 51.0 Å². The van der Waals surface area contributed by atoms with Gasteiger partial charge < -0.3 is 9.84 Å². The van der Waals surface area contributed by atoms with E-state index in [0.29, 0.717) is 22.4 Å². The average molecular weight is 448 g/mol. The highest BCUT2D eigenvalue weighted by Crippen LogP contribution is 2.19. The number of nitrogens with one attached hydrogen (secondary N) is 2. The fraction of sp³-hybridized carbons (Fsp3) is 0.263. The predicted octanol–water partition coefficient (Wildman–Crippen LogP) is 3.31. The Hall–Kier alpha value is -2.92. The van der Waals surface area contributed by atoms with Gasteiger partial charge in [0, 0.05) is 35.3 Å². The summed E-state index contributed by atoms with van der Waals surface area (Å²) in [5, 5.41) is 7.00. The van der Waals surface area contributed by atoms with Gasteiger partial charge in [0.1, 0.15) is 5.76 Å². The van der Waals surface area contributed by atoms with Crippen LogP contribution in [0.1, 0.15) is 23.6 Å². The number of thioether (sulfide) groups is 1. The molecule has 0 fully saturated rings. The van der Waals surface area contributed by atoms with E-state index in [4.69, 9.17) is 4.52 Å². The van der Waals surface area contributed by atoms with Crippen molar-refractivity contribution >= 4 is 39.2 Å². The summed E-state index contributed by atoms with van der Waals surface area (Å²) in [4.78, 5) is 20.8. The first-order chi connectivity index (χ1) is 14.2. The molecule has 1 amide bonds. The van der Waals surface area contributed by atoms with Crippen molar-refractivity contribution in [2.45, 2.75) is 37.2 Å². The van der Waals surface area contributed by atoms with E-state index in [-0.39, 0.29) is 23.0 Å². The maximum atomic E-state index is 12.4. The predicted molar refractivity (Wildman–Crippen MR) is 114 cm³/mol. The Morgan fingerprint density at radius 1 is 1.07 bits per heavy atom. The van der Waals surface area contributed by atoms with Gasteiger partial charge in [-0.15, -0.1) is 0 Å². The van der Waals surface area contributed by atoms with Crippen molar-refractivity contribution in [1.82, 2.24) is 15.1 Å². The Morgan fingerprint density at radius 2 is 1.73 bits per heavy atom. The largest absolute Gasteiger partial charge is 0.360 e. The van der Waals surface area contributed by atoms with Crippen LogP contribution in [0.3, 0.4) is 0 Å². The smallest absolute Gasteiger partial charge is 0.263 e. The van der Waals surface area contributed by atoms with E-state index in [1.165, 1.54) is 42.1 Å². The highest BCUT2D eigenvalue weighted by molar-refractivity contribution is 7.99. The Balaban J connectivity index is 1.52. The van der Waals surface area contributed by atoms with Gasteiger partial charge in [-0.25, -0.2) is 18.4 Å². The first-order valence-electron chi connectivity index (χ1n) is 9.02. The van der Waals surface area contributed by atoms with Crippen molar-refractivity contribution in [3.8, 4) is 0 Å². The zero-order chi connectivity index (χ0) is 21.7. The van der Waals surface area contributed by atoms with Crippen molar-refractivity contribution in [2.75, 3.05) is 15.8 Å². The van der Waals surface area contributed by atoms with Crippen molar-refractivity contribution in [3.63, 3.8) is 0 Å². The molecule has 2 heterocycles. The van der Waals surface area contributed by atoms with Gasteiger partial charge in [-0.05, 0) is 51.1 Å². The van der Waals surface area contributed by atoms with Crippen LogP contribution in [0.5, 0.6) is 0 Å². The monoisotopic (exact) mass is 447 g/mol. The van der Waals surface area contributed by atoms with Gasteiger partial charge in [0.25, 0.3) is 10.0 Å². The number of carbonyl (C=O) groups is 1. The SMILES string of the molecule is Cc1cc(C)nc(SCCC(=O)Nc2ccc(S(=O)(=O)Nc3cc(C)on3)cc2)n1. The van der Waals surface area contributed by atoms with Crippen LogP contribution in [0, 0.1) is 20.8 Å². The second kappa shape index (κ2) is 9.26. The van der Waals surface area contributed by atoms with Crippen molar-refractivity contribution < 1.29 is 17.7 Å². The van der Waals surface area contributed by atoms with Gasteiger partial charge >= 0.3 is 0 Å². The first kappa shape index (κ1) is 21.8. The van der Waals surface area contributed by atoms with Crippen LogP contribution in [0.25, 0.3) is 0 Å². The van der Waals surface area contributed by atoms with Crippen molar-refractivity contribution in [3.05, 3.63) is 53.5 Å². The molecule has 0 aliphatic heterocycles. The molecule has 0 aliphatic rings. The molecule has 11 heteroatoms. The standard InChI is InChI=1S/C19H21N5O4S2/c1-12-10-13(2)21-19(20-12)29-9-8-18(25)22-15-4-6-16(7-5-15)30(26,27)24-17-11-14(3)28-23-17/h4-7,10-11H,8-9H2,1-3H3,(H,22,25)(H,23,24). The Labute approximate surface area is 178 Å². The highest BCUT2D eigenvalue weighted by Gasteiger charge is 2.16. The minimum atomic E-state index is -3.80. The van der Waals surface area contributed by atoms with E-state index in [9.17, 15) is 13.2 Å². The molecule has 0 bridgehead atoms. The molecule has 0 atom stereocenters.